The minimum atomic E-state index is -0.441. The number of amides is 2. The van der Waals surface area contributed by atoms with Gasteiger partial charge in [-0.15, -0.1) is 11.8 Å². The number of methoxy groups -OCH3 is 2. The zero-order valence-electron chi connectivity index (χ0n) is 18.2. The van der Waals surface area contributed by atoms with Crippen molar-refractivity contribution in [2.75, 3.05) is 36.8 Å². The lowest BCUT2D eigenvalue weighted by atomic mass is 10.0. The van der Waals surface area contributed by atoms with Gasteiger partial charge in [-0.25, -0.2) is 10.2 Å². The van der Waals surface area contributed by atoms with Crippen molar-refractivity contribution in [1.29, 1.82) is 0 Å². The third-order valence-electron chi connectivity index (χ3n) is 5.39. The zero-order chi connectivity index (χ0) is 23.4. The lowest BCUT2D eigenvalue weighted by molar-refractivity contribution is -0.127. The van der Waals surface area contributed by atoms with Gasteiger partial charge < -0.3 is 20.1 Å². The molecule has 3 unspecified atom stereocenters. The Bertz CT molecular complexity index is 1030. The zero-order valence-corrected chi connectivity index (χ0v) is 19.0. The SMILES string of the molecule is COC(=O)c1ccc(NC(=O)CSC2NC(=O)C3CNN(c4ccccc4OC)C3N2)cc1. The van der Waals surface area contributed by atoms with Crippen LogP contribution in [0.1, 0.15) is 10.4 Å². The van der Waals surface area contributed by atoms with Crippen molar-refractivity contribution in [2.24, 2.45) is 5.92 Å². The molecule has 2 aromatic rings. The van der Waals surface area contributed by atoms with Gasteiger partial charge in [0, 0.05) is 12.2 Å². The van der Waals surface area contributed by atoms with Gasteiger partial charge in [0.05, 0.1) is 37.1 Å². The van der Waals surface area contributed by atoms with Crippen molar-refractivity contribution in [3.63, 3.8) is 0 Å². The molecule has 2 fully saturated rings. The number of ether oxygens (including phenoxy) is 2. The van der Waals surface area contributed by atoms with Crippen LogP contribution in [0, 0.1) is 5.92 Å². The van der Waals surface area contributed by atoms with E-state index in [0.29, 0.717) is 23.5 Å². The number of nitrogens with zero attached hydrogens (tertiary/aromatic N) is 1. The smallest absolute Gasteiger partial charge is 0.337 e. The second-order valence-corrected chi connectivity index (χ2v) is 8.53. The fraction of sp³-hybridized carbons (Fsp3) is 0.318. The Morgan fingerprint density at radius 1 is 1.15 bits per heavy atom. The van der Waals surface area contributed by atoms with E-state index in [9.17, 15) is 14.4 Å². The highest BCUT2D eigenvalue weighted by Crippen LogP contribution is 2.33. The number of rotatable bonds is 7. The van der Waals surface area contributed by atoms with Gasteiger partial charge in [0.1, 0.15) is 17.4 Å². The van der Waals surface area contributed by atoms with Gasteiger partial charge in [0.2, 0.25) is 11.8 Å². The third kappa shape index (κ3) is 5.05. The maximum Gasteiger partial charge on any atom is 0.337 e. The second-order valence-electron chi connectivity index (χ2n) is 7.44. The predicted molar refractivity (Wildman–Crippen MR) is 125 cm³/mol. The molecular formula is C22H25N5O5S. The number of esters is 1. The molecule has 0 bridgehead atoms. The Hall–Kier alpha value is -3.28. The number of anilines is 2. The molecule has 0 radical (unpaired) electrons. The van der Waals surface area contributed by atoms with Gasteiger partial charge in [0.15, 0.2) is 0 Å². The molecule has 2 saturated heterocycles. The number of benzene rings is 2. The highest BCUT2D eigenvalue weighted by molar-refractivity contribution is 8.00. The molecule has 174 valence electrons. The van der Waals surface area contributed by atoms with E-state index in [0.717, 1.165) is 5.69 Å². The summed E-state index contributed by atoms with van der Waals surface area (Å²) in [6.45, 7) is 0.487. The van der Waals surface area contributed by atoms with Crippen LogP contribution in [-0.4, -0.2) is 56.0 Å². The number of hydrogen-bond donors (Lipinski definition) is 4. The van der Waals surface area contributed by atoms with E-state index >= 15 is 0 Å². The second kappa shape index (κ2) is 10.1. The first kappa shape index (κ1) is 22.9. The fourth-order valence-electron chi connectivity index (χ4n) is 3.76. The predicted octanol–water partition coefficient (Wildman–Crippen LogP) is 1.12. The molecule has 2 aliphatic rings. The van der Waals surface area contributed by atoms with Crippen LogP contribution in [0.25, 0.3) is 0 Å². The molecule has 3 atom stereocenters. The van der Waals surface area contributed by atoms with Crippen LogP contribution in [-0.2, 0) is 14.3 Å². The van der Waals surface area contributed by atoms with E-state index in [1.54, 1.807) is 31.4 Å². The van der Waals surface area contributed by atoms with Crippen molar-refractivity contribution in [2.45, 2.75) is 11.7 Å². The first-order chi connectivity index (χ1) is 16.0. The van der Waals surface area contributed by atoms with E-state index in [-0.39, 0.29) is 29.7 Å². The Balaban J connectivity index is 1.35. The Labute approximate surface area is 195 Å². The summed E-state index contributed by atoms with van der Waals surface area (Å²) < 4.78 is 10.1. The van der Waals surface area contributed by atoms with E-state index in [4.69, 9.17) is 4.74 Å². The minimum Gasteiger partial charge on any atom is -0.495 e. The first-order valence-corrected chi connectivity index (χ1v) is 11.4. The lowest BCUT2D eigenvalue weighted by Crippen LogP contribution is -2.63. The molecular weight excluding hydrogens is 446 g/mol. The lowest BCUT2D eigenvalue weighted by Gasteiger charge is -2.37. The maximum absolute atomic E-state index is 12.7. The van der Waals surface area contributed by atoms with Crippen LogP contribution >= 0.6 is 11.8 Å². The highest BCUT2D eigenvalue weighted by Gasteiger charge is 2.44. The van der Waals surface area contributed by atoms with Gasteiger partial charge in [0.25, 0.3) is 0 Å². The normalized spacial score (nSPS) is 21.7. The molecule has 2 amide bonds. The van der Waals surface area contributed by atoms with E-state index in [1.807, 2.05) is 29.3 Å². The number of hydrazine groups is 1. The summed E-state index contributed by atoms with van der Waals surface area (Å²) in [5, 5.41) is 11.0. The van der Waals surface area contributed by atoms with E-state index in [1.165, 1.54) is 18.9 Å². The summed E-state index contributed by atoms with van der Waals surface area (Å²) in [7, 11) is 2.92. The molecule has 4 rings (SSSR count). The average molecular weight is 472 g/mol. The largest absolute Gasteiger partial charge is 0.495 e. The number of thioether (sulfide) groups is 1. The van der Waals surface area contributed by atoms with Gasteiger partial charge in [-0.2, -0.15) is 0 Å². The van der Waals surface area contributed by atoms with Gasteiger partial charge in [-0.05, 0) is 36.4 Å². The quantitative estimate of drug-likeness (QED) is 0.440. The first-order valence-electron chi connectivity index (χ1n) is 10.3. The van der Waals surface area contributed by atoms with E-state index < -0.39 is 11.5 Å². The number of para-hydroxylation sites is 2. The van der Waals surface area contributed by atoms with Crippen LogP contribution in [0.4, 0.5) is 11.4 Å². The molecule has 0 aromatic heterocycles. The molecule has 33 heavy (non-hydrogen) atoms. The third-order valence-corrected chi connectivity index (χ3v) is 6.40. The number of carbonyl (C=O) groups is 3. The Morgan fingerprint density at radius 3 is 2.64 bits per heavy atom. The van der Waals surface area contributed by atoms with Gasteiger partial charge in [-0.1, -0.05) is 12.1 Å². The summed E-state index contributed by atoms with van der Waals surface area (Å²) in [6, 6.07) is 14.0. The van der Waals surface area contributed by atoms with Crippen LogP contribution < -0.4 is 31.1 Å². The Morgan fingerprint density at radius 2 is 1.91 bits per heavy atom. The van der Waals surface area contributed by atoms with Crippen LogP contribution in [0.15, 0.2) is 48.5 Å². The molecule has 0 spiro atoms. The van der Waals surface area contributed by atoms with Crippen molar-refractivity contribution < 1.29 is 23.9 Å². The van der Waals surface area contributed by atoms with Crippen LogP contribution in [0.5, 0.6) is 5.75 Å². The Kier molecular flexibility index (Phi) is 7.02. The summed E-state index contributed by atoms with van der Waals surface area (Å²) in [6.07, 6.45) is -0.290. The highest BCUT2D eigenvalue weighted by atomic mass is 32.2. The summed E-state index contributed by atoms with van der Waals surface area (Å²) >= 11 is 1.28. The summed E-state index contributed by atoms with van der Waals surface area (Å²) in [5.41, 5.74) is 4.61. The van der Waals surface area contributed by atoms with Crippen molar-refractivity contribution >= 4 is 40.9 Å². The van der Waals surface area contributed by atoms with Crippen LogP contribution in [0.3, 0.4) is 0 Å². The fourth-order valence-corrected chi connectivity index (χ4v) is 4.59. The minimum absolute atomic E-state index is 0.0834. The topological polar surface area (TPSA) is 121 Å². The van der Waals surface area contributed by atoms with Crippen molar-refractivity contribution in [3.05, 3.63) is 54.1 Å². The summed E-state index contributed by atoms with van der Waals surface area (Å²) in [4.78, 5) is 36.6. The molecule has 0 aliphatic carbocycles. The number of nitrogens with one attached hydrogen (secondary N) is 4. The monoisotopic (exact) mass is 471 g/mol. The molecule has 2 aromatic carbocycles. The molecule has 2 heterocycles. The molecule has 4 N–H and O–H groups in total. The van der Waals surface area contributed by atoms with Gasteiger partial charge in [-0.3, -0.25) is 19.9 Å². The molecule has 10 nitrogen and oxygen atoms in total. The molecule has 0 saturated carbocycles. The number of fused-ring (bicyclic) bond motifs is 1. The number of carbonyl (C=O) groups excluding carboxylic acids is 3. The van der Waals surface area contributed by atoms with Crippen molar-refractivity contribution in [1.82, 2.24) is 16.1 Å². The molecule has 11 heteroatoms. The van der Waals surface area contributed by atoms with Crippen molar-refractivity contribution in [3.8, 4) is 5.75 Å². The van der Waals surface area contributed by atoms with Gasteiger partial charge >= 0.3 is 5.97 Å². The summed E-state index contributed by atoms with van der Waals surface area (Å²) in [5.74, 6) is -0.218. The number of hydrogen-bond acceptors (Lipinski definition) is 9. The van der Waals surface area contributed by atoms with Crippen LogP contribution in [0.2, 0.25) is 0 Å². The standard InChI is InChI=1S/C22H25N5O5S/c1-31-17-6-4-3-5-16(17)27-19-15(11-23-27)20(29)26-22(25-19)33-12-18(28)24-14-9-7-13(8-10-14)21(30)32-2/h3-10,15,19,22-23,25H,11-12H2,1-2H3,(H,24,28)(H,26,29). The average Bonchev–Trinajstić information content (AvgIpc) is 3.27. The maximum atomic E-state index is 12.7. The van der Waals surface area contributed by atoms with E-state index in [2.05, 4.69) is 26.1 Å². The molecule has 2 aliphatic heterocycles.